The van der Waals surface area contributed by atoms with Crippen molar-refractivity contribution in [3.05, 3.63) is 33.9 Å². The fraction of sp³-hybridized carbons (Fsp3) is 0.500. The van der Waals surface area contributed by atoms with Crippen LogP contribution in [0.5, 0.6) is 5.75 Å². The first-order valence-corrected chi connectivity index (χ1v) is 6.81. The van der Waals surface area contributed by atoms with Crippen LogP contribution in [0.15, 0.2) is 18.2 Å². The van der Waals surface area contributed by atoms with Gasteiger partial charge in [-0.15, -0.1) is 12.4 Å². The predicted octanol–water partition coefficient (Wildman–Crippen LogP) is 1.83. The number of carbonyl (C=O) groups is 1. The zero-order valence-corrected chi connectivity index (χ0v) is 13.3. The highest BCUT2D eigenvalue weighted by Crippen LogP contribution is 2.30. The van der Waals surface area contributed by atoms with E-state index < -0.39 is 4.92 Å². The smallest absolute Gasteiger partial charge is 0.310 e. The Labute approximate surface area is 135 Å². The average Bonchev–Trinajstić information content (AvgIpc) is 2.86. The lowest BCUT2D eigenvalue weighted by atomic mass is 10.1. The normalized spacial score (nSPS) is 20.4. The molecule has 0 bridgehead atoms. The molecule has 1 aromatic carbocycles. The number of halogens is 1. The fourth-order valence-corrected chi connectivity index (χ4v) is 2.72. The number of hydrogen-bond acceptors (Lipinski definition) is 5. The Morgan fingerprint density at radius 2 is 2.23 bits per heavy atom. The summed E-state index contributed by atoms with van der Waals surface area (Å²) in [6.45, 7) is 3.16. The van der Waals surface area contributed by atoms with Crippen LogP contribution in [0.1, 0.15) is 23.7 Å². The second kappa shape index (κ2) is 7.42. The number of ether oxygens (including phenoxy) is 1. The Bertz CT molecular complexity index is 567. The lowest BCUT2D eigenvalue weighted by molar-refractivity contribution is -0.385. The van der Waals surface area contributed by atoms with Crippen molar-refractivity contribution in [2.75, 3.05) is 20.2 Å². The van der Waals surface area contributed by atoms with Crippen molar-refractivity contribution in [2.24, 2.45) is 11.7 Å². The third-order valence-corrected chi connectivity index (χ3v) is 3.88. The number of rotatable bonds is 4. The fourth-order valence-electron chi connectivity index (χ4n) is 2.72. The van der Waals surface area contributed by atoms with Crippen LogP contribution in [0.25, 0.3) is 0 Å². The van der Waals surface area contributed by atoms with Crippen LogP contribution >= 0.6 is 12.4 Å². The quantitative estimate of drug-likeness (QED) is 0.671. The summed E-state index contributed by atoms with van der Waals surface area (Å²) in [5.74, 6) is 0.253. The van der Waals surface area contributed by atoms with Gasteiger partial charge in [0.15, 0.2) is 5.75 Å². The lowest BCUT2D eigenvalue weighted by Crippen LogP contribution is -2.34. The molecule has 0 aromatic heterocycles. The number of nitrogens with zero attached hydrogens (tertiary/aromatic N) is 2. The van der Waals surface area contributed by atoms with E-state index in [1.54, 1.807) is 4.90 Å². The van der Waals surface area contributed by atoms with Gasteiger partial charge in [0.25, 0.3) is 5.91 Å². The summed E-state index contributed by atoms with van der Waals surface area (Å²) in [5, 5.41) is 10.9. The summed E-state index contributed by atoms with van der Waals surface area (Å²) in [4.78, 5) is 24.6. The molecule has 1 amide bonds. The zero-order chi connectivity index (χ0) is 15.6. The molecule has 8 heteroatoms. The van der Waals surface area contributed by atoms with E-state index in [9.17, 15) is 14.9 Å². The second-order valence-electron chi connectivity index (χ2n) is 5.29. The van der Waals surface area contributed by atoms with Crippen molar-refractivity contribution in [1.82, 2.24) is 4.90 Å². The van der Waals surface area contributed by atoms with Crippen LogP contribution in [0.2, 0.25) is 0 Å². The number of carbonyl (C=O) groups excluding carboxylic acids is 1. The minimum absolute atomic E-state index is 0. The highest BCUT2D eigenvalue weighted by Gasteiger charge is 2.32. The monoisotopic (exact) mass is 329 g/mol. The molecule has 122 valence electrons. The summed E-state index contributed by atoms with van der Waals surface area (Å²) >= 11 is 0. The Hall–Kier alpha value is -1.86. The number of methoxy groups -OCH3 is 1. The maximum absolute atomic E-state index is 12.5. The summed E-state index contributed by atoms with van der Waals surface area (Å²) in [6, 6.07) is 4.30. The van der Waals surface area contributed by atoms with Gasteiger partial charge in [-0.05, 0) is 31.9 Å². The van der Waals surface area contributed by atoms with E-state index in [0.717, 1.165) is 6.42 Å². The largest absolute Gasteiger partial charge is 0.490 e. The highest BCUT2D eigenvalue weighted by molar-refractivity contribution is 5.95. The first-order valence-electron chi connectivity index (χ1n) is 6.81. The molecule has 2 atom stereocenters. The molecule has 2 unspecified atom stereocenters. The number of hydrogen-bond donors (Lipinski definition) is 1. The van der Waals surface area contributed by atoms with Crippen LogP contribution < -0.4 is 10.5 Å². The Balaban J connectivity index is 0.00000242. The van der Waals surface area contributed by atoms with Crippen LogP contribution in [-0.4, -0.2) is 42.0 Å². The third-order valence-electron chi connectivity index (χ3n) is 3.88. The lowest BCUT2D eigenvalue weighted by Gasteiger charge is -2.21. The minimum Gasteiger partial charge on any atom is -0.490 e. The summed E-state index contributed by atoms with van der Waals surface area (Å²) < 4.78 is 5.00. The molecular weight excluding hydrogens is 310 g/mol. The third kappa shape index (κ3) is 3.48. The van der Waals surface area contributed by atoms with Gasteiger partial charge in [0, 0.05) is 30.3 Å². The molecule has 1 aliphatic rings. The van der Waals surface area contributed by atoms with Crippen LogP contribution in [0.3, 0.4) is 0 Å². The maximum atomic E-state index is 12.5. The van der Waals surface area contributed by atoms with E-state index in [1.165, 1.54) is 25.3 Å². The molecule has 0 spiro atoms. The molecule has 1 fully saturated rings. The predicted molar refractivity (Wildman–Crippen MR) is 84.6 cm³/mol. The van der Waals surface area contributed by atoms with Crippen molar-refractivity contribution in [2.45, 2.75) is 19.4 Å². The number of amides is 1. The van der Waals surface area contributed by atoms with Crippen molar-refractivity contribution in [3.63, 3.8) is 0 Å². The topological polar surface area (TPSA) is 98.7 Å². The minimum atomic E-state index is -0.532. The molecule has 0 saturated carbocycles. The maximum Gasteiger partial charge on any atom is 0.310 e. The molecule has 1 aliphatic heterocycles. The Morgan fingerprint density at radius 3 is 2.73 bits per heavy atom. The van der Waals surface area contributed by atoms with Crippen LogP contribution in [-0.2, 0) is 0 Å². The van der Waals surface area contributed by atoms with E-state index >= 15 is 0 Å². The molecule has 0 aliphatic carbocycles. The number of nitro benzene ring substituents is 1. The number of benzene rings is 1. The standard InChI is InChI=1S/C14H19N3O4.ClH/c1-9-5-10(7-15)8-16(9)14(18)11-3-4-12(17(19)20)13(6-11)21-2;/h3-4,6,9-10H,5,7-8,15H2,1-2H3;1H. The van der Waals surface area contributed by atoms with Gasteiger partial charge in [0.05, 0.1) is 12.0 Å². The van der Waals surface area contributed by atoms with Gasteiger partial charge < -0.3 is 15.4 Å². The van der Waals surface area contributed by atoms with Crippen LogP contribution in [0.4, 0.5) is 5.69 Å². The number of nitro groups is 1. The summed E-state index contributed by atoms with van der Waals surface area (Å²) in [7, 11) is 1.35. The molecule has 7 nitrogen and oxygen atoms in total. The Morgan fingerprint density at radius 1 is 1.55 bits per heavy atom. The van der Waals surface area contributed by atoms with E-state index in [0.29, 0.717) is 24.6 Å². The first kappa shape index (κ1) is 18.2. The summed E-state index contributed by atoms with van der Waals surface area (Å²) in [6.07, 6.45) is 0.881. The van der Waals surface area contributed by atoms with Gasteiger partial charge in [-0.3, -0.25) is 14.9 Å². The Kier molecular flexibility index (Phi) is 6.13. The van der Waals surface area contributed by atoms with Gasteiger partial charge >= 0.3 is 5.69 Å². The van der Waals surface area contributed by atoms with Gasteiger partial charge in [-0.1, -0.05) is 0 Å². The number of likely N-dealkylation sites (tertiary alicyclic amines) is 1. The molecular formula is C14H20ClN3O4. The second-order valence-corrected chi connectivity index (χ2v) is 5.29. The number of nitrogens with two attached hydrogens (primary N) is 1. The molecule has 2 N–H and O–H groups in total. The van der Waals surface area contributed by atoms with Crippen molar-refractivity contribution in [1.29, 1.82) is 0 Å². The summed E-state index contributed by atoms with van der Waals surface area (Å²) in [5.41, 5.74) is 5.90. The molecule has 22 heavy (non-hydrogen) atoms. The molecule has 1 heterocycles. The van der Waals surface area contributed by atoms with Crippen molar-refractivity contribution < 1.29 is 14.5 Å². The molecule has 1 aromatic rings. The van der Waals surface area contributed by atoms with E-state index in [4.69, 9.17) is 10.5 Å². The van der Waals surface area contributed by atoms with Gasteiger partial charge in [0.2, 0.25) is 0 Å². The SMILES string of the molecule is COc1cc(C(=O)N2CC(CN)CC2C)ccc1[N+](=O)[O-].Cl. The zero-order valence-electron chi connectivity index (χ0n) is 12.5. The van der Waals surface area contributed by atoms with Crippen molar-refractivity contribution in [3.8, 4) is 5.75 Å². The van der Waals surface area contributed by atoms with E-state index in [2.05, 4.69) is 0 Å². The molecule has 1 saturated heterocycles. The van der Waals surface area contributed by atoms with Gasteiger partial charge in [-0.2, -0.15) is 0 Å². The highest BCUT2D eigenvalue weighted by atomic mass is 35.5. The molecule has 0 radical (unpaired) electrons. The van der Waals surface area contributed by atoms with Gasteiger partial charge in [-0.25, -0.2) is 0 Å². The van der Waals surface area contributed by atoms with E-state index in [-0.39, 0.29) is 35.8 Å². The van der Waals surface area contributed by atoms with Gasteiger partial charge in [0.1, 0.15) is 0 Å². The van der Waals surface area contributed by atoms with Crippen molar-refractivity contribution >= 4 is 24.0 Å². The van der Waals surface area contributed by atoms with Crippen LogP contribution in [0, 0.1) is 16.0 Å². The van der Waals surface area contributed by atoms with E-state index in [1.807, 2.05) is 6.92 Å². The first-order chi connectivity index (χ1) is 9.97. The average molecular weight is 330 g/mol. The molecule has 2 rings (SSSR count).